The van der Waals surface area contributed by atoms with E-state index in [1.807, 2.05) is 0 Å². The lowest BCUT2D eigenvalue weighted by Gasteiger charge is -2.02. The van der Waals surface area contributed by atoms with Crippen LogP contribution < -0.4 is 0 Å². The Morgan fingerprint density at radius 2 is 2.12 bits per heavy atom. The lowest BCUT2D eigenvalue weighted by Crippen LogP contribution is -2.05. The number of imidazole rings is 1. The van der Waals surface area contributed by atoms with E-state index in [2.05, 4.69) is 4.98 Å². The van der Waals surface area contributed by atoms with Gasteiger partial charge in [0, 0.05) is 12.6 Å². The molecule has 0 spiro atoms. The number of benzene rings is 1. The molecule has 1 heterocycles. The Morgan fingerprint density at radius 1 is 1.44 bits per heavy atom. The summed E-state index contributed by atoms with van der Waals surface area (Å²) in [6.45, 7) is 0. The fraction of sp³-hybridized carbons (Fsp3) is 0.0909. The number of carboxylic acid groups (broad SMARTS) is 1. The van der Waals surface area contributed by atoms with Gasteiger partial charge >= 0.3 is 5.97 Å². The first-order valence-electron chi connectivity index (χ1n) is 4.60. The molecule has 0 aliphatic heterocycles. The van der Waals surface area contributed by atoms with E-state index in [0.29, 0.717) is 0 Å². The third-order valence-corrected chi connectivity index (χ3v) is 2.27. The van der Waals surface area contributed by atoms with Crippen molar-refractivity contribution in [2.24, 2.45) is 7.05 Å². The van der Waals surface area contributed by atoms with Crippen LogP contribution in [-0.4, -0.2) is 20.6 Å². The second-order valence-electron chi connectivity index (χ2n) is 3.34. The van der Waals surface area contributed by atoms with Crippen LogP contribution in [0.3, 0.4) is 0 Å². The zero-order valence-corrected chi connectivity index (χ0v) is 8.51. The highest BCUT2D eigenvalue weighted by atomic mass is 19.1. The number of rotatable bonds is 2. The van der Waals surface area contributed by atoms with Gasteiger partial charge in [-0.15, -0.1) is 0 Å². The maximum absolute atomic E-state index is 13.5. The Kier molecular flexibility index (Phi) is 2.44. The molecular weight excluding hydrogens is 211 g/mol. The Balaban J connectivity index is 2.66. The third-order valence-electron chi connectivity index (χ3n) is 2.27. The van der Waals surface area contributed by atoms with E-state index in [9.17, 15) is 9.18 Å². The van der Waals surface area contributed by atoms with Crippen molar-refractivity contribution < 1.29 is 14.3 Å². The number of hydrogen-bond acceptors (Lipinski definition) is 2. The summed E-state index contributed by atoms with van der Waals surface area (Å²) in [4.78, 5) is 14.9. The van der Waals surface area contributed by atoms with E-state index < -0.39 is 11.8 Å². The minimum absolute atomic E-state index is 0.0231. The maximum Gasteiger partial charge on any atom is 0.354 e. The fourth-order valence-electron chi connectivity index (χ4n) is 1.53. The molecule has 16 heavy (non-hydrogen) atoms. The number of carboxylic acids is 1. The van der Waals surface area contributed by atoms with Crippen molar-refractivity contribution in [3.8, 4) is 11.3 Å². The number of hydrogen-bond donors (Lipinski definition) is 1. The van der Waals surface area contributed by atoms with E-state index in [1.54, 1.807) is 19.2 Å². The van der Waals surface area contributed by atoms with Gasteiger partial charge in [-0.05, 0) is 12.1 Å². The average Bonchev–Trinajstić information content (AvgIpc) is 2.61. The monoisotopic (exact) mass is 220 g/mol. The van der Waals surface area contributed by atoms with E-state index >= 15 is 0 Å². The first-order valence-corrected chi connectivity index (χ1v) is 4.60. The second kappa shape index (κ2) is 3.77. The molecule has 0 amide bonds. The quantitative estimate of drug-likeness (QED) is 0.841. The van der Waals surface area contributed by atoms with Crippen LogP contribution in [0.15, 0.2) is 30.6 Å². The van der Waals surface area contributed by atoms with E-state index in [1.165, 1.54) is 23.0 Å². The summed E-state index contributed by atoms with van der Waals surface area (Å²) in [7, 11) is 1.56. The molecule has 0 radical (unpaired) electrons. The van der Waals surface area contributed by atoms with Crippen LogP contribution in [0.25, 0.3) is 11.3 Å². The van der Waals surface area contributed by atoms with E-state index in [-0.39, 0.29) is 17.0 Å². The Hall–Kier alpha value is -2.17. The summed E-state index contributed by atoms with van der Waals surface area (Å²) in [5, 5.41) is 9.00. The highest BCUT2D eigenvalue weighted by molar-refractivity contribution is 5.93. The van der Waals surface area contributed by atoms with Crippen LogP contribution in [0.1, 0.15) is 10.5 Å². The number of aromatic carboxylic acids is 1. The van der Waals surface area contributed by atoms with Crippen LogP contribution in [-0.2, 0) is 7.05 Å². The van der Waals surface area contributed by atoms with E-state index in [4.69, 9.17) is 5.11 Å². The van der Waals surface area contributed by atoms with Crippen LogP contribution in [0, 0.1) is 5.82 Å². The van der Waals surface area contributed by atoms with Gasteiger partial charge < -0.3 is 9.67 Å². The van der Waals surface area contributed by atoms with Crippen molar-refractivity contribution in [3.63, 3.8) is 0 Å². The summed E-state index contributed by atoms with van der Waals surface area (Å²) in [6, 6.07) is 5.96. The van der Waals surface area contributed by atoms with Crippen molar-refractivity contribution in [1.82, 2.24) is 9.55 Å². The molecule has 2 aromatic rings. The smallest absolute Gasteiger partial charge is 0.354 e. The van der Waals surface area contributed by atoms with Gasteiger partial charge in [0.15, 0.2) is 5.69 Å². The molecular formula is C11H9FN2O2. The van der Waals surface area contributed by atoms with Gasteiger partial charge in [-0.25, -0.2) is 14.2 Å². The van der Waals surface area contributed by atoms with Gasteiger partial charge in [-0.2, -0.15) is 0 Å². The van der Waals surface area contributed by atoms with Gasteiger partial charge in [-0.1, -0.05) is 12.1 Å². The van der Waals surface area contributed by atoms with Crippen molar-refractivity contribution in [1.29, 1.82) is 0 Å². The van der Waals surface area contributed by atoms with Crippen molar-refractivity contribution in [3.05, 3.63) is 42.1 Å². The Labute approximate surface area is 91.0 Å². The number of aromatic nitrogens is 2. The Bertz CT molecular complexity index is 549. The van der Waals surface area contributed by atoms with Gasteiger partial charge in [0.05, 0.1) is 6.33 Å². The van der Waals surface area contributed by atoms with Gasteiger partial charge in [0.1, 0.15) is 11.5 Å². The first kappa shape index (κ1) is 10.4. The molecule has 5 heteroatoms. The minimum atomic E-state index is -1.13. The summed E-state index contributed by atoms with van der Waals surface area (Å²) in [6.07, 6.45) is 1.35. The maximum atomic E-state index is 13.5. The second-order valence-corrected chi connectivity index (χ2v) is 3.34. The SMILES string of the molecule is Cn1cnc(-c2ccccc2F)c1C(=O)O. The molecule has 0 aliphatic rings. The number of nitrogens with zero attached hydrogens (tertiary/aromatic N) is 2. The molecule has 0 aliphatic carbocycles. The van der Waals surface area contributed by atoms with E-state index in [0.717, 1.165) is 0 Å². The number of aryl methyl sites for hydroxylation is 1. The normalized spacial score (nSPS) is 10.4. The summed E-state index contributed by atoms with van der Waals surface area (Å²) >= 11 is 0. The predicted molar refractivity (Wildman–Crippen MR) is 55.6 cm³/mol. The molecule has 1 N–H and O–H groups in total. The summed E-state index contributed by atoms with van der Waals surface area (Å²) in [5.74, 6) is -1.61. The molecule has 1 aromatic carbocycles. The first-order chi connectivity index (χ1) is 7.61. The molecule has 0 saturated carbocycles. The third kappa shape index (κ3) is 1.56. The highest BCUT2D eigenvalue weighted by Crippen LogP contribution is 2.24. The van der Waals surface area contributed by atoms with Gasteiger partial charge in [0.25, 0.3) is 0 Å². The zero-order valence-electron chi connectivity index (χ0n) is 8.51. The fourth-order valence-corrected chi connectivity index (χ4v) is 1.53. The summed E-state index contributed by atoms with van der Waals surface area (Å²) in [5.41, 5.74) is 0.318. The zero-order chi connectivity index (χ0) is 11.7. The molecule has 0 fully saturated rings. The standard InChI is InChI=1S/C11H9FN2O2/c1-14-6-13-9(10(14)11(15)16)7-4-2-3-5-8(7)12/h2-6H,1H3,(H,15,16). The number of halogens is 1. The molecule has 2 rings (SSSR count). The topological polar surface area (TPSA) is 55.1 Å². The summed E-state index contributed by atoms with van der Waals surface area (Å²) < 4.78 is 14.8. The molecule has 4 nitrogen and oxygen atoms in total. The van der Waals surface area contributed by atoms with Gasteiger partial charge in [-0.3, -0.25) is 0 Å². The molecule has 0 bridgehead atoms. The predicted octanol–water partition coefficient (Wildman–Crippen LogP) is 1.92. The number of carbonyl (C=O) groups is 1. The van der Waals surface area contributed by atoms with Crippen LogP contribution in [0.2, 0.25) is 0 Å². The molecule has 82 valence electrons. The van der Waals surface area contributed by atoms with Crippen LogP contribution in [0.5, 0.6) is 0 Å². The lowest BCUT2D eigenvalue weighted by atomic mass is 10.1. The van der Waals surface area contributed by atoms with Crippen LogP contribution in [0.4, 0.5) is 4.39 Å². The Morgan fingerprint density at radius 3 is 2.75 bits per heavy atom. The van der Waals surface area contributed by atoms with Crippen molar-refractivity contribution in [2.45, 2.75) is 0 Å². The average molecular weight is 220 g/mol. The van der Waals surface area contributed by atoms with Crippen LogP contribution >= 0.6 is 0 Å². The molecule has 0 unspecified atom stereocenters. The van der Waals surface area contributed by atoms with Crippen molar-refractivity contribution in [2.75, 3.05) is 0 Å². The lowest BCUT2D eigenvalue weighted by molar-refractivity contribution is 0.0687. The van der Waals surface area contributed by atoms with Gasteiger partial charge in [0.2, 0.25) is 0 Å². The largest absolute Gasteiger partial charge is 0.477 e. The molecule has 1 aromatic heterocycles. The van der Waals surface area contributed by atoms with Crippen molar-refractivity contribution >= 4 is 5.97 Å². The highest BCUT2D eigenvalue weighted by Gasteiger charge is 2.19. The molecule has 0 saturated heterocycles. The molecule has 0 atom stereocenters. The minimum Gasteiger partial charge on any atom is -0.477 e.